The van der Waals surface area contributed by atoms with Gasteiger partial charge in [0.2, 0.25) is 0 Å². The summed E-state index contributed by atoms with van der Waals surface area (Å²) >= 11 is 11.0. The number of ether oxygens (including phenoxy) is 1. The van der Waals surface area contributed by atoms with Crippen LogP contribution in [0.3, 0.4) is 0 Å². The fourth-order valence-corrected chi connectivity index (χ4v) is 9.25. The van der Waals surface area contributed by atoms with E-state index in [1.807, 2.05) is 6.07 Å². The molecule has 284 valence electrons. The first-order valence-corrected chi connectivity index (χ1v) is 23.2. The highest BCUT2D eigenvalue weighted by molar-refractivity contribution is 8.00. The summed E-state index contributed by atoms with van der Waals surface area (Å²) in [5, 5.41) is 12.0. The van der Waals surface area contributed by atoms with E-state index in [9.17, 15) is 10.1 Å². The van der Waals surface area contributed by atoms with Crippen LogP contribution >= 0.6 is 59.7 Å². The highest BCUT2D eigenvalue weighted by atomic mass is 32.2. The molecule has 0 amide bonds. The van der Waals surface area contributed by atoms with Crippen molar-refractivity contribution in [3.63, 3.8) is 0 Å². The molecule has 0 aliphatic carbocycles. The van der Waals surface area contributed by atoms with Gasteiger partial charge in [-0.25, -0.2) is 0 Å². The van der Waals surface area contributed by atoms with Crippen LogP contribution in [0.5, 0.6) is 5.75 Å². The molecule has 0 fully saturated rings. The van der Waals surface area contributed by atoms with Crippen molar-refractivity contribution >= 4 is 65.4 Å². The number of nitro benzene ring substituents is 1. The van der Waals surface area contributed by atoms with Gasteiger partial charge in [0.05, 0.1) is 4.92 Å². The third-order valence-electron chi connectivity index (χ3n) is 8.97. The van der Waals surface area contributed by atoms with Crippen LogP contribution in [0, 0.1) is 10.1 Å². The summed E-state index contributed by atoms with van der Waals surface area (Å²) in [6.07, 6.45) is 13.8. The van der Waals surface area contributed by atoms with Crippen molar-refractivity contribution in [1.29, 1.82) is 0 Å². The lowest BCUT2D eigenvalue weighted by Crippen LogP contribution is -1.99. The molecule has 0 bridgehead atoms. The van der Waals surface area contributed by atoms with Crippen LogP contribution in [-0.4, -0.2) is 16.6 Å². The Morgan fingerprint density at radius 2 is 1.00 bits per heavy atom. The number of rotatable bonds is 24. The number of thioether (sulfide) groups is 2. The van der Waals surface area contributed by atoms with Gasteiger partial charge in [0.1, 0.15) is 5.94 Å². The normalized spacial score (nSPS) is 11.1. The lowest BCUT2D eigenvalue weighted by atomic mass is 10.1. The lowest BCUT2D eigenvalue weighted by molar-refractivity contribution is -0.385. The maximum atomic E-state index is 12.0. The van der Waals surface area contributed by atoms with Gasteiger partial charge < -0.3 is 4.74 Å². The van der Waals surface area contributed by atoms with Gasteiger partial charge in [-0.3, -0.25) is 10.1 Å². The summed E-state index contributed by atoms with van der Waals surface area (Å²) in [4.78, 5) is 18.6. The molecule has 5 aromatic rings. The molecule has 0 aromatic heterocycles. The topological polar surface area (TPSA) is 52.4 Å². The second-order valence-electron chi connectivity index (χ2n) is 13.2. The van der Waals surface area contributed by atoms with Crippen LogP contribution in [-0.2, 0) is 18.6 Å². The van der Waals surface area contributed by atoms with Crippen LogP contribution in [0.2, 0.25) is 0 Å². The monoisotopic (exact) mass is 813 g/mol. The Hall–Kier alpha value is -2.95. The summed E-state index contributed by atoms with van der Waals surface area (Å²) in [6, 6.07) is 40.0. The predicted molar refractivity (Wildman–Crippen MR) is 237 cm³/mol. The molecule has 0 saturated heterocycles. The Morgan fingerprint density at radius 3 is 1.50 bits per heavy atom. The fourth-order valence-electron chi connectivity index (χ4n) is 5.90. The highest BCUT2D eigenvalue weighted by Crippen LogP contribution is 2.35. The molecular weight excluding hydrogens is 763 g/mol. The van der Waals surface area contributed by atoms with Gasteiger partial charge in [0.25, 0.3) is 0 Å². The van der Waals surface area contributed by atoms with E-state index in [4.69, 9.17) is 4.74 Å². The van der Waals surface area contributed by atoms with Gasteiger partial charge in [-0.2, -0.15) is 12.6 Å². The summed E-state index contributed by atoms with van der Waals surface area (Å²) in [5.41, 5.74) is 3.69. The maximum absolute atomic E-state index is 12.0. The minimum Gasteiger partial charge on any atom is -0.475 e. The fraction of sp³-hybridized carbons (Fsp3) is 0.333. The van der Waals surface area contributed by atoms with Crippen LogP contribution in [0.1, 0.15) is 81.4 Å². The molecule has 0 heterocycles. The number of hydrogen-bond donors (Lipinski definition) is 1. The average Bonchev–Trinajstić information content (AvgIpc) is 3.19. The van der Waals surface area contributed by atoms with Crippen LogP contribution in [0.15, 0.2) is 145 Å². The van der Waals surface area contributed by atoms with Crippen LogP contribution in [0.25, 0.3) is 0 Å². The quantitative estimate of drug-likeness (QED) is 0.0166. The van der Waals surface area contributed by atoms with E-state index < -0.39 is 0 Å². The first kappa shape index (κ1) is 42.2. The van der Waals surface area contributed by atoms with E-state index in [1.165, 1.54) is 100 Å². The molecule has 0 spiro atoms. The molecule has 54 heavy (non-hydrogen) atoms. The van der Waals surface area contributed by atoms with E-state index in [0.29, 0.717) is 5.75 Å². The molecule has 0 saturated carbocycles. The van der Waals surface area contributed by atoms with Gasteiger partial charge in [0.15, 0.2) is 5.75 Å². The minimum absolute atomic E-state index is 0.00535. The molecule has 0 N–H and O–H groups in total. The minimum atomic E-state index is -0.357. The molecule has 5 aromatic carbocycles. The molecule has 9 heteroatoms. The Kier molecular flexibility index (Phi) is 18.6. The summed E-state index contributed by atoms with van der Waals surface area (Å²) in [6.45, 7) is 2.26. The molecular formula is C45H51NO3S5. The van der Waals surface area contributed by atoms with Crippen molar-refractivity contribution in [2.45, 2.75) is 113 Å². The average molecular weight is 814 g/mol. The van der Waals surface area contributed by atoms with E-state index in [1.54, 1.807) is 47.4 Å². The molecule has 0 atom stereocenters. The largest absolute Gasteiger partial charge is 0.475 e. The summed E-state index contributed by atoms with van der Waals surface area (Å²) < 4.78 is 5.91. The molecule has 0 radical (unpaired) electrons. The first-order chi connectivity index (χ1) is 26.5. The van der Waals surface area contributed by atoms with Crippen molar-refractivity contribution in [3.8, 4) is 5.75 Å². The molecule has 0 aliphatic rings. The molecule has 0 aliphatic heterocycles. The van der Waals surface area contributed by atoms with Gasteiger partial charge in [-0.05, 0) is 133 Å². The zero-order chi connectivity index (χ0) is 37.8. The molecule has 0 unspecified atom stereocenters. The lowest BCUT2D eigenvalue weighted by Gasteiger charge is -2.09. The summed E-state index contributed by atoms with van der Waals surface area (Å²) in [7, 11) is 0. The van der Waals surface area contributed by atoms with Crippen LogP contribution < -0.4 is 4.74 Å². The Morgan fingerprint density at radius 1 is 0.556 bits per heavy atom. The Bertz CT molecular complexity index is 1830. The number of aryl methyl sites for hydroxylation is 2. The van der Waals surface area contributed by atoms with Crippen molar-refractivity contribution < 1.29 is 9.66 Å². The van der Waals surface area contributed by atoms with Crippen molar-refractivity contribution in [2.75, 3.05) is 11.7 Å². The second kappa shape index (κ2) is 23.9. The predicted octanol–water partition coefficient (Wildman–Crippen LogP) is 14.9. The first-order valence-electron chi connectivity index (χ1n) is 19.0. The number of thiol groups is 1. The maximum Gasteiger partial charge on any atom is 0.311 e. The number of hydrogen-bond acceptors (Lipinski definition) is 8. The smallest absolute Gasteiger partial charge is 0.311 e. The van der Waals surface area contributed by atoms with Crippen molar-refractivity contribution in [1.82, 2.24) is 0 Å². The Labute approximate surface area is 345 Å². The van der Waals surface area contributed by atoms with E-state index >= 15 is 0 Å². The third kappa shape index (κ3) is 14.9. The third-order valence-corrected chi connectivity index (χ3v) is 13.2. The second-order valence-corrected chi connectivity index (χ2v) is 18.0. The number of unbranched alkanes of at least 4 members (excludes halogenated alkanes) is 7. The number of benzene rings is 5. The van der Waals surface area contributed by atoms with E-state index in [2.05, 4.69) is 117 Å². The van der Waals surface area contributed by atoms with Crippen LogP contribution in [0.4, 0.5) is 5.69 Å². The van der Waals surface area contributed by atoms with Gasteiger partial charge in [-0.1, -0.05) is 111 Å². The van der Waals surface area contributed by atoms with Crippen molar-refractivity contribution in [3.05, 3.63) is 142 Å². The molecule has 5 rings (SSSR count). The summed E-state index contributed by atoms with van der Waals surface area (Å²) in [5.74, 6) is 2.18. The zero-order valence-corrected chi connectivity index (χ0v) is 35.3. The van der Waals surface area contributed by atoms with Gasteiger partial charge in [0, 0.05) is 41.2 Å². The van der Waals surface area contributed by atoms with E-state index in [-0.39, 0.29) is 22.3 Å². The van der Waals surface area contributed by atoms with E-state index in [0.717, 1.165) is 33.9 Å². The van der Waals surface area contributed by atoms with Crippen molar-refractivity contribution in [2.24, 2.45) is 0 Å². The SMILES string of the molecule is CCCCCCCc1ccc(Sc2ccc(SCc3ccc(OCSc4ccc(Sc5ccc(CCCCCCS)cc5)cc4)c([N+](=O)[O-])c3)cc2)cc1. The number of nitro groups is 1. The molecule has 4 nitrogen and oxygen atoms in total. The standard InChI is InChI=1S/C45H51NO3S5/c1-2-3-4-5-8-11-35-13-18-40(19-14-35)53-42-26-22-38(23-27-42)51-33-37-17-30-45(44(32-37)46(47)48)49-34-52-39-24-28-43(29-25-39)54-41-20-15-36(16-21-41)12-9-6-7-10-31-50/h13-30,32,50H,2-12,31,33-34H2,1H3. The highest BCUT2D eigenvalue weighted by Gasteiger charge is 2.16. The van der Waals surface area contributed by atoms with Gasteiger partial charge in [-0.15, -0.1) is 11.8 Å². The number of nitrogens with zero attached hydrogens (tertiary/aromatic N) is 1. The van der Waals surface area contributed by atoms with Gasteiger partial charge >= 0.3 is 5.69 Å². The Balaban J connectivity index is 1.03. The zero-order valence-electron chi connectivity index (χ0n) is 31.1.